The van der Waals surface area contributed by atoms with E-state index in [1.54, 1.807) is 17.4 Å². The number of thiophene rings is 1. The third-order valence-corrected chi connectivity index (χ3v) is 6.06. The molecule has 4 rings (SSSR count). The maximum Gasteiger partial charge on any atom is 0.231 e. The number of amides is 2. The van der Waals surface area contributed by atoms with Crippen molar-refractivity contribution in [2.24, 2.45) is 0 Å². The lowest BCUT2D eigenvalue weighted by Gasteiger charge is -2.34. The van der Waals surface area contributed by atoms with Crippen molar-refractivity contribution in [3.8, 4) is 0 Å². The van der Waals surface area contributed by atoms with Crippen molar-refractivity contribution < 1.29 is 14.0 Å². The van der Waals surface area contributed by atoms with E-state index in [0.717, 1.165) is 31.2 Å². The highest BCUT2D eigenvalue weighted by atomic mass is 32.1. The molecule has 0 bridgehead atoms. The number of rotatable bonds is 4. The second kappa shape index (κ2) is 7.19. The number of carbonyl (C=O) groups is 2. The molecule has 136 valence electrons. The Labute approximate surface area is 156 Å². The Bertz CT molecular complexity index is 815. The second-order valence-corrected chi connectivity index (χ2v) is 7.85. The first-order chi connectivity index (χ1) is 12.6. The van der Waals surface area contributed by atoms with Gasteiger partial charge in [0.05, 0.1) is 5.92 Å². The van der Waals surface area contributed by atoms with E-state index in [2.05, 4.69) is 10.7 Å². The molecule has 0 radical (unpaired) electrons. The maximum atomic E-state index is 13.8. The van der Waals surface area contributed by atoms with Crippen LogP contribution in [0.3, 0.4) is 0 Å². The van der Waals surface area contributed by atoms with E-state index in [0.29, 0.717) is 17.8 Å². The van der Waals surface area contributed by atoms with Crippen LogP contribution in [0.1, 0.15) is 49.1 Å². The summed E-state index contributed by atoms with van der Waals surface area (Å²) in [6.45, 7) is 0.551. The molecule has 1 saturated carbocycles. The SMILES string of the molecule is O=C1C[C@H](C(=O)N(Cc2ccsc2)C2CCCC2)c2cc(F)ccc2N1. The van der Waals surface area contributed by atoms with E-state index in [-0.39, 0.29) is 30.1 Å². The summed E-state index contributed by atoms with van der Waals surface area (Å²) >= 11 is 1.61. The van der Waals surface area contributed by atoms with Gasteiger partial charge in [0.2, 0.25) is 11.8 Å². The van der Waals surface area contributed by atoms with Gasteiger partial charge in [0.1, 0.15) is 5.82 Å². The van der Waals surface area contributed by atoms with Crippen LogP contribution in [0.15, 0.2) is 35.0 Å². The molecular formula is C20H21FN2O2S. The van der Waals surface area contributed by atoms with Crippen LogP contribution >= 0.6 is 11.3 Å². The fourth-order valence-corrected chi connectivity index (χ4v) is 4.69. The van der Waals surface area contributed by atoms with Crippen molar-refractivity contribution in [3.05, 3.63) is 52.0 Å². The molecule has 1 aromatic carbocycles. The Morgan fingerprint density at radius 2 is 2.08 bits per heavy atom. The molecule has 2 aromatic rings. The van der Waals surface area contributed by atoms with Crippen LogP contribution in [0.4, 0.5) is 10.1 Å². The van der Waals surface area contributed by atoms with Gasteiger partial charge in [0, 0.05) is 24.7 Å². The predicted molar refractivity (Wildman–Crippen MR) is 99.5 cm³/mol. The lowest BCUT2D eigenvalue weighted by Crippen LogP contribution is -2.43. The average molecular weight is 372 g/mol. The number of nitrogens with zero attached hydrogens (tertiary/aromatic N) is 1. The Balaban J connectivity index is 1.67. The Hall–Kier alpha value is -2.21. The largest absolute Gasteiger partial charge is 0.335 e. The van der Waals surface area contributed by atoms with Crippen LogP contribution in [0.5, 0.6) is 0 Å². The average Bonchev–Trinajstić information content (AvgIpc) is 3.32. The highest BCUT2D eigenvalue weighted by Crippen LogP contribution is 2.36. The predicted octanol–water partition coefficient (Wildman–Crippen LogP) is 4.28. The van der Waals surface area contributed by atoms with Crippen LogP contribution in [0.25, 0.3) is 0 Å². The summed E-state index contributed by atoms with van der Waals surface area (Å²) in [5.74, 6) is -1.26. The zero-order chi connectivity index (χ0) is 18.1. The molecule has 1 aromatic heterocycles. The minimum atomic E-state index is -0.617. The minimum absolute atomic E-state index is 0.0650. The van der Waals surface area contributed by atoms with Gasteiger partial charge >= 0.3 is 0 Å². The van der Waals surface area contributed by atoms with Gasteiger partial charge in [-0.1, -0.05) is 12.8 Å². The van der Waals surface area contributed by atoms with Crippen molar-refractivity contribution >= 4 is 28.8 Å². The van der Waals surface area contributed by atoms with Crippen LogP contribution in [0, 0.1) is 5.82 Å². The van der Waals surface area contributed by atoms with Gasteiger partial charge in [-0.15, -0.1) is 0 Å². The maximum absolute atomic E-state index is 13.8. The Morgan fingerprint density at radius 3 is 2.81 bits per heavy atom. The topological polar surface area (TPSA) is 49.4 Å². The van der Waals surface area contributed by atoms with Gasteiger partial charge in [-0.05, 0) is 59.0 Å². The molecule has 6 heteroatoms. The molecule has 26 heavy (non-hydrogen) atoms. The third-order valence-electron chi connectivity index (χ3n) is 5.33. The lowest BCUT2D eigenvalue weighted by atomic mass is 9.88. The van der Waals surface area contributed by atoms with E-state index in [1.807, 2.05) is 16.3 Å². The molecule has 2 aliphatic rings. The molecule has 1 aliphatic carbocycles. The number of hydrogen-bond donors (Lipinski definition) is 1. The Morgan fingerprint density at radius 1 is 1.27 bits per heavy atom. The molecule has 1 aliphatic heterocycles. The van der Waals surface area contributed by atoms with E-state index in [4.69, 9.17) is 0 Å². The first kappa shape index (κ1) is 17.2. The van der Waals surface area contributed by atoms with Gasteiger partial charge in [-0.3, -0.25) is 9.59 Å². The molecule has 1 N–H and O–H groups in total. The van der Waals surface area contributed by atoms with Crippen molar-refractivity contribution in [2.45, 2.75) is 50.6 Å². The van der Waals surface area contributed by atoms with Crippen LogP contribution in [-0.4, -0.2) is 22.8 Å². The fourth-order valence-electron chi connectivity index (χ4n) is 4.04. The molecule has 0 unspecified atom stereocenters. The summed E-state index contributed by atoms with van der Waals surface area (Å²) in [6.07, 6.45) is 4.29. The van der Waals surface area contributed by atoms with Crippen molar-refractivity contribution in [1.29, 1.82) is 0 Å². The first-order valence-corrected chi connectivity index (χ1v) is 9.97. The van der Waals surface area contributed by atoms with Gasteiger partial charge < -0.3 is 10.2 Å². The molecule has 0 saturated heterocycles. The molecular weight excluding hydrogens is 351 g/mol. The summed E-state index contributed by atoms with van der Waals surface area (Å²) in [5, 5.41) is 6.81. The smallest absolute Gasteiger partial charge is 0.231 e. The number of benzene rings is 1. The first-order valence-electron chi connectivity index (χ1n) is 9.02. The van der Waals surface area contributed by atoms with E-state index in [9.17, 15) is 14.0 Å². The van der Waals surface area contributed by atoms with Gasteiger partial charge in [-0.25, -0.2) is 4.39 Å². The highest BCUT2D eigenvalue weighted by molar-refractivity contribution is 7.07. The van der Waals surface area contributed by atoms with E-state index in [1.165, 1.54) is 12.1 Å². The quantitative estimate of drug-likeness (QED) is 0.871. The second-order valence-electron chi connectivity index (χ2n) is 7.07. The number of carbonyl (C=O) groups excluding carboxylic acids is 2. The number of halogens is 1. The van der Waals surface area contributed by atoms with Crippen LogP contribution < -0.4 is 5.32 Å². The summed E-state index contributed by atoms with van der Waals surface area (Å²) in [4.78, 5) is 27.5. The molecule has 4 nitrogen and oxygen atoms in total. The zero-order valence-electron chi connectivity index (χ0n) is 14.4. The number of anilines is 1. The summed E-state index contributed by atoms with van der Waals surface area (Å²) in [5.41, 5.74) is 2.24. The monoisotopic (exact) mass is 372 g/mol. The summed E-state index contributed by atoms with van der Waals surface area (Å²) in [6, 6.07) is 6.47. The molecule has 2 heterocycles. The minimum Gasteiger partial charge on any atom is -0.335 e. The van der Waals surface area contributed by atoms with E-state index < -0.39 is 5.92 Å². The molecule has 1 atom stereocenters. The van der Waals surface area contributed by atoms with Crippen molar-refractivity contribution in [3.63, 3.8) is 0 Å². The fraction of sp³-hybridized carbons (Fsp3) is 0.400. The highest BCUT2D eigenvalue weighted by Gasteiger charge is 2.37. The van der Waals surface area contributed by atoms with Crippen LogP contribution in [0.2, 0.25) is 0 Å². The van der Waals surface area contributed by atoms with Gasteiger partial charge in [-0.2, -0.15) is 11.3 Å². The van der Waals surface area contributed by atoms with E-state index >= 15 is 0 Å². The summed E-state index contributed by atoms with van der Waals surface area (Å²) < 4.78 is 13.8. The van der Waals surface area contributed by atoms with Crippen molar-refractivity contribution in [1.82, 2.24) is 4.90 Å². The Kier molecular flexibility index (Phi) is 4.76. The van der Waals surface area contributed by atoms with Gasteiger partial charge in [0.15, 0.2) is 0 Å². The lowest BCUT2D eigenvalue weighted by molar-refractivity contribution is -0.137. The molecule has 0 spiro atoms. The number of nitrogens with one attached hydrogen (secondary N) is 1. The van der Waals surface area contributed by atoms with Gasteiger partial charge in [0.25, 0.3) is 0 Å². The standard InChI is InChI=1S/C20H21FN2O2S/c21-14-5-6-18-16(9-14)17(10-19(24)22-18)20(25)23(15-3-1-2-4-15)11-13-7-8-26-12-13/h5-9,12,15,17H,1-4,10-11H2,(H,22,24)/t17-/m0/s1. The normalized spacial score (nSPS) is 19.9. The number of hydrogen-bond acceptors (Lipinski definition) is 3. The summed E-state index contributed by atoms with van der Waals surface area (Å²) in [7, 11) is 0. The third kappa shape index (κ3) is 3.38. The molecule has 1 fully saturated rings. The number of fused-ring (bicyclic) bond motifs is 1. The molecule has 2 amide bonds. The van der Waals surface area contributed by atoms with Crippen molar-refractivity contribution in [2.75, 3.05) is 5.32 Å². The van der Waals surface area contributed by atoms with Crippen LogP contribution in [-0.2, 0) is 16.1 Å². The zero-order valence-corrected chi connectivity index (χ0v) is 15.2.